The Morgan fingerprint density at radius 3 is 2.50 bits per heavy atom. The fourth-order valence-electron chi connectivity index (χ4n) is 1.06. The van der Waals surface area contributed by atoms with Crippen molar-refractivity contribution in [3.05, 3.63) is 30.3 Å². The van der Waals surface area contributed by atoms with Gasteiger partial charge in [0.15, 0.2) is 0 Å². The summed E-state index contributed by atoms with van der Waals surface area (Å²) in [5.41, 5.74) is 0. The number of hydrogen-bond acceptors (Lipinski definition) is 0. The van der Waals surface area contributed by atoms with Crippen molar-refractivity contribution in [1.29, 1.82) is 0 Å². The number of hydrogen-bond donors (Lipinski definition) is 0. The van der Waals surface area contributed by atoms with Crippen LogP contribution in [0.25, 0.3) is 0 Å². The molecule has 0 nitrogen and oxygen atoms in total. The van der Waals surface area contributed by atoms with Crippen LogP contribution in [0.5, 0.6) is 0 Å². The standard InChI is InChI=1S/C11H16Te/c1-2-3-7-10-12-11-8-5-4-6-9-11/h4-6,8-9H,2-3,7,10H2,1H3. The molecule has 0 fully saturated rings. The van der Waals surface area contributed by atoms with Crippen molar-refractivity contribution in [2.24, 2.45) is 0 Å². The zero-order chi connectivity index (χ0) is 8.65. The van der Waals surface area contributed by atoms with Gasteiger partial charge in [0, 0.05) is 0 Å². The maximum absolute atomic E-state index is 2.27. The predicted octanol–water partition coefficient (Wildman–Crippen LogP) is 2.62. The van der Waals surface area contributed by atoms with Crippen molar-refractivity contribution < 1.29 is 0 Å². The van der Waals surface area contributed by atoms with Crippen LogP contribution in [0.15, 0.2) is 30.3 Å². The second-order valence-electron chi connectivity index (χ2n) is 2.87. The van der Waals surface area contributed by atoms with E-state index < -0.39 is 0 Å². The van der Waals surface area contributed by atoms with E-state index in [9.17, 15) is 0 Å². The molecule has 12 heavy (non-hydrogen) atoms. The molecular weight excluding hydrogens is 260 g/mol. The summed E-state index contributed by atoms with van der Waals surface area (Å²) in [6.45, 7) is 2.27. The van der Waals surface area contributed by atoms with Crippen LogP contribution in [0.2, 0.25) is 4.47 Å². The molecule has 0 aliphatic heterocycles. The van der Waals surface area contributed by atoms with E-state index in [-0.39, 0.29) is 20.9 Å². The summed E-state index contributed by atoms with van der Waals surface area (Å²) in [6, 6.07) is 10.9. The Balaban J connectivity index is 2.16. The Kier molecular flexibility index (Phi) is 5.48. The van der Waals surface area contributed by atoms with Crippen molar-refractivity contribution in [3.63, 3.8) is 0 Å². The van der Waals surface area contributed by atoms with Gasteiger partial charge < -0.3 is 0 Å². The van der Waals surface area contributed by atoms with Gasteiger partial charge in [0.1, 0.15) is 0 Å². The third-order valence-electron chi connectivity index (χ3n) is 1.76. The molecule has 0 saturated heterocycles. The molecule has 0 unspecified atom stereocenters. The van der Waals surface area contributed by atoms with E-state index in [0.29, 0.717) is 0 Å². The molecule has 0 radical (unpaired) electrons. The average molecular weight is 276 g/mol. The molecule has 1 rings (SSSR count). The van der Waals surface area contributed by atoms with E-state index in [4.69, 9.17) is 0 Å². The summed E-state index contributed by atoms with van der Waals surface area (Å²) in [6.07, 6.45) is 4.20. The Bertz CT molecular complexity index is 193. The van der Waals surface area contributed by atoms with Gasteiger partial charge in [-0.05, 0) is 0 Å². The van der Waals surface area contributed by atoms with Crippen molar-refractivity contribution in [3.8, 4) is 0 Å². The molecule has 0 spiro atoms. The van der Waals surface area contributed by atoms with E-state index in [1.807, 2.05) is 0 Å². The first kappa shape index (κ1) is 10.1. The van der Waals surface area contributed by atoms with Crippen LogP contribution in [0.4, 0.5) is 0 Å². The molecule has 1 aromatic rings. The van der Waals surface area contributed by atoms with Crippen LogP contribution in [0.1, 0.15) is 26.2 Å². The summed E-state index contributed by atoms with van der Waals surface area (Å²) < 4.78 is 3.09. The van der Waals surface area contributed by atoms with Gasteiger partial charge in [-0.25, -0.2) is 0 Å². The third-order valence-corrected chi connectivity index (χ3v) is 4.89. The van der Waals surface area contributed by atoms with Crippen LogP contribution in [-0.4, -0.2) is 20.9 Å². The topological polar surface area (TPSA) is 0 Å². The van der Waals surface area contributed by atoms with Gasteiger partial charge in [-0.2, -0.15) is 0 Å². The minimum atomic E-state index is 0.144. The van der Waals surface area contributed by atoms with Gasteiger partial charge in [0.2, 0.25) is 0 Å². The molecule has 0 bridgehead atoms. The van der Waals surface area contributed by atoms with E-state index in [2.05, 4.69) is 37.3 Å². The summed E-state index contributed by atoms with van der Waals surface area (Å²) in [4.78, 5) is 0. The molecule has 1 heteroatoms. The first-order valence-corrected chi connectivity index (χ1v) is 7.42. The van der Waals surface area contributed by atoms with Gasteiger partial charge in [-0.1, -0.05) is 0 Å². The van der Waals surface area contributed by atoms with Crippen LogP contribution in [0.3, 0.4) is 0 Å². The van der Waals surface area contributed by atoms with Crippen molar-refractivity contribution in [2.75, 3.05) is 0 Å². The van der Waals surface area contributed by atoms with E-state index in [1.54, 1.807) is 3.61 Å². The second-order valence-corrected chi connectivity index (χ2v) is 6.20. The summed E-state index contributed by atoms with van der Waals surface area (Å²) in [5.74, 6) is 0. The predicted molar refractivity (Wildman–Crippen MR) is 56.2 cm³/mol. The zero-order valence-electron chi connectivity index (χ0n) is 7.62. The molecule has 66 valence electrons. The van der Waals surface area contributed by atoms with Crippen LogP contribution in [-0.2, 0) is 0 Å². The van der Waals surface area contributed by atoms with Gasteiger partial charge in [0.05, 0.1) is 0 Å². The van der Waals surface area contributed by atoms with Gasteiger partial charge in [0.25, 0.3) is 0 Å². The molecule has 0 aromatic heterocycles. The monoisotopic (exact) mass is 278 g/mol. The van der Waals surface area contributed by atoms with Crippen molar-refractivity contribution in [2.45, 2.75) is 30.7 Å². The van der Waals surface area contributed by atoms with Crippen molar-refractivity contribution >= 4 is 24.5 Å². The molecule has 0 saturated carbocycles. The second kappa shape index (κ2) is 6.52. The molecule has 0 aliphatic carbocycles. The fraction of sp³-hybridized carbons (Fsp3) is 0.455. The molecular formula is C11H16Te. The van der Waals surface area contributed by atoms with Crippen LogP contribution in [0, 0.1) is 0 Å². The average Bonchev–Trinajstić information content (AvgIpc) is 2.14. The maximum atomic E-state index is 2.27. The van der Waals surface area contributed by atoms with Crippen LogP contribution < -0.4 is 3.61 Å². The van der Waals surface area contributed by atoms with E-state index >= 15 is 0 Å². The normalized spacial score (nSPS) is 10.1. The van der Waals surface area contributed by atoms with Gasteiger partial charge >= 0.3 is 85.5 Å². The Morgan fingerprint density at radius 2 is 1.83 bits per heavy atom. The summed E-state index contributed by atoms with van der Waals surface area (Å²) >= 11 is 0.144. The third kappa shape index (κ3) is 4.14. The van der Waals surface area contributed by atoms with Crippen LogP contribution >= 0.6 is 0 Å². The minimum absolute atomic E-state index is 0.144. The number of benzene rings is 1. The first-order chi connectivity index (χ1) is 5.93. The van der Waals surface area contributed by atoms with Crippen molar-refractivity contribution in [1.82, 2.24) is 0 Å². The summed E-state index contributed by atoms with van der Waals surface area (Å²) in [5, 5.41) is 0. The number of unbranched alkanes of at least 4 members (excludes halogenated alkanes) is 2. The number of rotatable bonds is 5. The summed E-state index contributed by atoms with van der Waals surface area (Å²) in [7, 11) is 0. The molecule has 0 amide bonds. The molecule has 1 aromatic carbocycles. The Morgan fingerprint density at radius 1 is 1.08 bits per heavy atom. The van der Waals surface area contributed by atoms with Gasteiger partial charge in [-0.15, -0.1) is 0 Å². The molecule has 0 heterocycles. The first-order valence-electron chi connectivity index (χ1n) is 4.61. The quantitative estimate of drug-likeness (QED) is 0.572. The Labute approximate surface area is 85.5 Å². The van der Waals surface area contributed by atoms with Gasteiger partial charge in [-0.3, -0.25) is 0 Å². The zero-order valence-corrected chi connectivity index (χ0v) is 9.95. The Hall–Kier alpha value is 0.00961. The molecule has 0 N–H and O–H groups in total. The SMILES string of the molecule is CCCCC[Te]c1ccccc1. The molecule has 0 aliphatic rings. The fourth-order valence-corrected chi connectivity index (χ4v) is 3.72. The van der Waals surface area contributed by atoms with E-state index in [0.717, 1.165) is 0 Å². The molecule has 0 atom stereocenters. The van der Waals surface area contributed by atoms with E-state index in [1.165, 1.54) is 23.7 Å².